The largest absolute Gasteiger partial charge is 0.375 e. The number of hydrogen-bond donors (Lipinski definition) is 1. The van der Waals surface area contributed by atoms with Gasteiger partial charge in [0, 0.05) is 31.3 Å². The molecule has 0 saturated heterocycles. The Morgan fingerprint density at radius 2 is 2.17 bits per heavy atom. The molecule has 1 unspecified atom stereocenters. The minimum absolute atomic E-state index is 0.113. The highest BCUT2D eigenvalue weighted by Crippen LogP contribution is 2.07. The first-order valence-corrected chi connectivity index (χ1v) is 6.14. The summed E-state index contributed by atoms with van der Waals surface area (Å²) in [7, 11) is 0. The first-order valence-electron chi connectivity index (χ1n) is 6.14. The van der Waals surface area contributed by atoms with Crippen molar-refractivity contribution in [1.82, 2.24) is 9.78 Å². The zero-order valence-electron chi connectivity index (χ0n) is 10.9. The lowest BCUT2D eigenvalue weighted by Crippen LogP contribution is -2.25. The number of rotatable bonds is 8. The van der Waals surface area contributed by atoms with Crippen LogP contribution < -0.4 is 5.73 Å². The van der Waals surface area contributed by atoms with Gasteiger partial charge in [0.2, 0.25) is 0 Å². The van der Waals surface area contributed by atoms with Crippen LogP contribution >= 0.6 is 0 Å². The standard InChI is InChI=1S/C12H21F2N3O/c1-9(2)17-5-3-11(16-17)7-10(15)4-6-18-8-12(13)14/h3,5,9-10,12H,4,6-8,15H2,1-2H3. The van der Waals surface area contributed by atoms with Crippen molar-refractivity contribution in [2.45, 2.75) is 45.2 Å². The molecule has 0 aliphatic rings. The molecule has 6 heteroatoms. The lowest BCUT2D eigenvalue weighted by Gasteiger charge is -2.10. The third-order valence-electron chi connectivity index (χ3n) is 2.54. The predicted octanol–water partition coefficient (Wildman–Crippen LogP) is 2.01. The van der Waals surface area contributed by atoms with Gasteiger partial charge in [-0.3, -0.25) is 4.68 Å². The van der Waals surface area contributed by atoms with Crippen molar-refractivity contribution < 1.29 is 13.5 Å². The van der Waals surface area contributed by atoms with Gasteiger partial charge in [-0.05, 0) is 26.3 Å². The van der Waals surface area contributed by atoms with E-state index in [1.807, 2.05) is 16.9 Å². The highest BCUT2D eigenvalue weighted by molar-refractivity contribution is 5.01. The van der Waals surface area contributed by atoms with Gasteiger partial charge in [0.05, 0.1) is 5.69 Å². The van der Waals surface area contributed by atoms with E-state index in [1.54, 1.807) is 0 Å². The van der Waals surface area contributed by atoms with E-state index in [0.29, 0.717) is 18.9 Å². The van der Waals surface area contributed by atoms with Gasteiger partial charge in [-0.25, -0.2) is 8.78 Å². The van der Waals surface area contributed by atoms with Crippen molar-refractivity contribution in [2.75, 3.05) is 13.2 Å². The molecule has 104 valence electrons. The Morgan fingerprint density at radius 3 is 2.72 bits per heavy atom. The molecule has 0 aromatic carbocycles. The molecule has 0 aliphatic heterocycles. The van der Waals surface area contributed by atoms with Crippen LogP contribution in [0.25, 0.3) is 0 Å². The highest BCUT2D eigenvalue weighted by atomic mass is 19.3. The topological polar surface area (TPSA) is 53.1 Å². The van der Waals surface area contributed by atoms with Gasteiger partial charge in [-0.2, -0.15) is 5.10 Å². The highest BCUT2D eigenvalue weighted by Gasteiger charge is 2.09. The Kier molecular flexibility index (Phi) is 6.21. The monoisotopic (exact) mass is 261 g/mol. The third-order valence-corrected chi connectivity index (χ3v) is 2.54. The molecule has 18 heavy (non-hydrogen) atoms. The molecule has 2 N–H and O–H groups in total. The smallest absolute Gasteiger partial charge is 0.261 e. The van der Waals surface area contributed by atoms with E-state index in [2.05, 4.69) is 18.9 Å². The normalized spacial score (nSPS) is 13.5. The van der Waals surface area contributed by atoms with Crippen LogP contribution in [0.15, 0.2) is 12.3 Å². The third kappa shape index (κ3) is 5.55. The van der Waals surface area contributed by atoms with Crippen molar-refractivity contribution in [3.05, 3.63) is 18.0 Å². The van der Waals surface area contributed by atoms with Gasteiger partial charge >= 0.3 is 0 Å². The van der Waals surface area contributed by atoms with Crippen LogP contribution in [0.5, 0.6) is 0 Å². The van der Waals surface area contributed by atoms with E-state index in [4.69, 9.17) is 10.5 Å². The van der Waals surface area contributed by atoms with Gasteiger partial charge in [0.1, 0.15) is 6.61 Å². The average molecular weight is 261 g/mol. The number of alkyl halides is 2. The minimum atomic E-state index is -2.41. The summed E-state index contributed by atoms with van der Waals surface area (Å²) in [4.78, 5) is 0. The summed E-state index contributed by atoms with van der Waals surface area (Å²) in [6.45, 7) is 3.84. The van der Waals surface area contributed by atoms with E-state index < -0.39 is 13.0 Å². The van der Waals surface area contributed by atoms with Crippen LogP contribution in [0.4, 0.5) is 8.78 Å². The second-order valence-electron chi connectivity index (χ2n) is 4.60. The second-order valence-corrected chi connectivity index (χ2v) is 4.60. The molecule has 1 aromatic heterocycles. The first kappa shape index (κ1) is 15.0. The number of nitrogens with zero attached hydrogens (tertiary/aromatic N) is 2. The molecule has 0 fully saturated rings. The Balaban J connectivity index is 2.24. The van der Waals surface area contributed by atoms with Gasteiger partial charge in [-0.1, -0.05) is 0 Å². The zero-order valence-corrected chi connectivity index (χ0v) is 10.9. The molecule has 4 nitrogen and oxygen atoms in total. The Hall–Kier alpha value is -1.01. The van der Waals surface area contributed by atoms with Crippen LogP contribution in [0.3, 0.4) is 0 Å². The van der Waals surface area contributed by atoms with Gasteiger partial charge in [-0.15, -0.1) is 0 Å². The molecular formula is C12H21F2N3O. The minimum Gasteiger partial charge on any atom is -0.375 e. The Bertz CT molecular complexity index is 342. The molecule has 0 bridgehead atoms. The Morgan fingerprint density at radius 1 is 1.44 bits per heavy atom. The van der Waals surface area contributed by atoms with Crippen molar-refractivity contribution in [3.8, 4) is 0 Å². The molecule has 0 saturated carbocycles. The maximum Gasteiger partial charge on any atom is 0.261 e. The Labute approximate surface area is 106 Å². The molecule has 1 heterocycles. The molecule has 1 aromatic rings. The second kappa shape index (κ2) is 7.43. The van der Waals surface area contributed by atoms with E-state index in [9.17, 15) is 8.78 Å². The molecule has 1 rings (SSSR count). The fraction of sp³-hybridized carbons (Fsp3) is 0.750. The number of hydrogen-bond acceptors (Lipinski definition) is 3. The fourth-order valence-corrected chi connectivity index (χ4v) is 1.55. The number of ether oxygens (including phenoxy) is 1. The molecule has 0 aliphatic carbocycles. The molecule has 0 radical (unpaired) electrons. The van der Waals surface area contributed by atoms with Crippen molar-refractivity contribution in [2.24, 2.45) is 5.73 Å². The maximum absolute atomic E-state index is 11.8. The summed E-state index contributed by atoms with van der Waals surface area (Å²) >= 11 is 0. The lowest BCUT2D eigenvalue weighted by atomic mass is 10.1. The number of nitrogens with two attached hydrogens (primary N) is 1. The summed E-state index contributed by atoms with van der Waals surface area (Å²) in [5, 5.41) is 4.38. The van der Waals surface area contributed by atoms with Gasteiger partial charge in [0.25, 0.3) is 6.43 Å². The summed E-state index contributed by atoms with van der Waals surface area (Å²) in [6.07, 6.45) is 0.696. The predicted molar refractivity (Wildman–Crippen MR) is 65.7 cm³/mol. The quantitative estimate of drug-likeness (QED) is 0.728. The summed E-state index contributed by atoms with van der Waals surface area (Å²) in [6, 6.07) is 2.14. The SMILES string of the molecule is CC(C)n1ccc(CC(N)CCOCC(F)F)n1. The first-order chi connectivity index (χ1) is 8.49. The summed E-state index contributed by atoms with van der Waals surface area (Å²) in [5.74, 6) is 0. The molecule has 1 atom stereocenters. The van der Waals surface area contributed by atoms with Crippen molar-refractivity contribution in [3.63, 3.8) is 0 Å². The fourth-order valence-electron chi connectivity index (χ4n) is 1.55. The van der Waals surface area contributed by atoms with Crippen LogP contribution in [-0.2, 0) is 11.2 Å². The van der Waals surface area contributed by atoms with E-state index >= 15 is 0 Å². The van der Waals surface area contributed by atoms with Crippen LogP contribution in [0.2, 0.25) is 0 Å². The average Bonchev–Trinajstić information content (AvgIpc) is 2.72. The van der Waals surface area contributed by atoms with Crippen molar-refractivity contribution in [1.29, 1.82) is 0 Å². The number of aromatic nitrogens is 2. The van der Waals surface area contributed by atoms with Crippen LogP contribution in [0, 0.1) is 0 Å². The van der Waals surface area contributed by atoms with Gasteiger partial charge in [0.15, 0.2) is 0 Å². The van der Waals surface area contributed by atoms with Gasteiger partial charge < -0.3 is 10.5 Å². The van der Waals surface area contributed by atoms with E-state index in [1.165, 1.54) is 0 Å². The molecule has 0 amide bonds. The maximum atomic E-state index is 11.8. The zero-order chi connectivity index (χ0) is 13.5. The number of halogens is 2. The van der Waals surface area contributed by atoms with Crippen LogP contribution in [0.1, 0.15) is 32.0 Å². The molecule has 0 spiro atoms. The van der Waals surface area contributed by atoms with E-state index in [-0.39, 0.29) is 12.6 Å². The van der Waals surface area contributed by atoms with Crippen molar-refractivity contribution >= 4 is 0 Å². The lowest BCUT2D eigenvalue weighted by molar-refractivity contribution is 0.0152. The van der Waals surface area contributed by atoms with E-state index in [0.717, 1.165) is 5.69 Å². The molecular weight excluding hydrogens is 240 g/mol. The summed E-state index contributed by atoms with van der Waals surface area (Å²) < 4.78 is 30.3. The summed E-state index contributed by atoms with van der Waals surface area (Å²) in [5.41, 5.74) is 6.81. The van der Waals surface area contributed by atoms with Crippen LogP contribution in [-0.4, -0.2) is 35.5 Å².